The highest BCUT2D eigenvalue weighted by molar-refractivity contribution is 5.85. The molecule has 0 aliphatic heterocycles. The smallest absolute Gasteiger partial charge is 0.220 e. The molecule has 110 valence electrons. The number of carbonyl (C=O) groups excluding carboxylic acids is 1. The van der Waals surface area contributed by atoms with E-state index < -0.39 is 0 Å². The van der Waals surface area contributed by atoms with Gasteiger partial charge in [-0.25, -0.2) is 0 Å². The van der Waals surface area contributed by atoms with Crippen molar-refractivity contribution in [3.8, 4) is 0 Å². The Balaban J connectivity index is 0. The molecule has 0 aliphatic rings. The summed E-state index contributed by atoms with van der Waals surface area (Å²) < 4.78 is 0. The van der Waals surface area contributed by atoms with Gasteiger partial charge in [-0.2, -0.15) is 0 Å². The van der Waals surface area contributed by atoms with Gasteiger partial charge in [0.05, 0.1) is 0 Å². The van der Waals surface area contributed by atoms with Crippen LogP contribution in [0, 0.1) is 11.8 Å². The third-order valence-electron chi connectivity index (χ3n) is 3.38. The van der Waals surface area contributed by atoms with Gasteiger partial charge in [0.15, 0.2) is 0 Å². The number of amides is 1. The highest BCUT2D eigenvalue weighted by Gasteiger charge is 2.26. The lowest BCUT2D eigenvalue weighted by Gasteiger charge is -2.31. The minimum absolute atomic E-state index is 0. The van der Waals surface area contributed by atoms with Crippen LogP contribution in [0.2, 0.25) is 0 Å². The molecule has 0 aromatic carbocycles. The molecule has 0 aromatic heterocycles. The van der Waals surface area contributed by atoms with Crippen LogP contribution >= 0.6 is 12.4 Å². The van der Waals surface area contributed by atoms with Crippen LogP contribution in [0.4, 0.5) is 0 Å². The number of hydrogen-bond donors (Lipinski definition) is 2. The fourth-order valence-electron chi connectivity index (χ4n) is 2.31. The number of nitrogens with two attached hydrogens (primary N) is 1. The summed E-state index contributed by atoms with van der Waals surface area (Å²) >= 11 is 0. The lowest BCUT2D eigenvalue weighted by molar-refractivity contribution is -0.123. The second kappa shape index (κ2) is 9.62. The van der Waals surface area contributed by atoms with E-state index in [1.807, 2.05) is 6.92 Å². The fourth-order valence-corrected chi connectivity index (χ4v) is 2.31. The second-order valence-electron chi connectivity index (χ2n) is 5.80. The summed E-state index contributed by atoms with van der Waals surface area (Å²) in [5, 5.41) is 3.11. The maximum Gasteiger partial charge on any atom is 0.220 e. The van der Waals surface area contributed by atoms with Crippen LogP contribution in [-0.2, 0) is 4.79 Å². The second-order valence-corrected chi connectivity index (χ2v) is 5.80. The molecule has 1 atom stereocenters. The van der Waals surface area contributed by atoms with Crippen molar-refractivity contribution in [3.63, 3.8) is 0 Å². The minimum atomic E-state index is -0.253. The van der Waals surface area contributed by atoms with Gasteiger partial charge < -0.3 is 11.1 Å². The van der Waals surface area contributed by atoms with Gasteiger partial charge in [-0.3, -0.25) is 4.79 Å². The first-order valence-corrected chi connectivity index (χ1v) is 6.87. The maximum absolute atomic E-state index is 12.0. The molecule has 0 heterocycles. The molecule has 3 nitrogen and oxygen atoms in total. The highest BCUT2D eigenvalue weighted by Crippen LogP contribution is 2.17. The van der Waals surface area contributed by atoms with Crippen LogP contribution < -0.4 is 11.1 Å². The molecule has 1 unspecified atom stereocenters. The third-order valence-corrected chi connectivity index (χ3v) is 3.38. The van der Waals surface area contributed by atoms with Crippen molar-refractivity contribution in [1.82, 2.24) is 5.32 Å². The normalized spacial score (nSPS) is 14.2. The fraction of sp³-hybridized carbons (Fsp3) is 0.929. The molecule has 0 aliphatic carbocycles. The largest absolute Gasteiger partial charge is 0.350 e. The first kappa shape index (κ1) is 20.0. The Hall–Kier alpha value is -0.280. The highest BCUT2D eigenvalue weighted by atomic mass is 35.5. The van der Waals surface area contributed by atoms with E-state index in [1.165, 1.54) is 0 Å². The van der Waals surface area contributed by atoms with E-state index in [-0.39, 0.29) is 23.9 Å². The van der Waals surface area contributed by atoms with E-state index in [1.54, 1.807) is 0 Å². The molecule has 0 rings (SSSR count). The molecule has 0 saturated heterocycles. The average molecular weight is 279 g/mol. The van der Waals surface area contributed by atoms with Crippen molar-refractivity contribution in [2.45, 2.75) is 65.8 Å². The molecule has 18 heavy (non-hydrogen) atoms. The zero-order chi connectivity index (χ0) is 13.5. The van der Waals surface area contributed by atoms with E-state index in [4.69, 9.17) is 5.73 Å². The molecule has 0 spiro atoms. The Kier molecular flexibility index (Phi) is 10.7. The summed E-state index contributed by atoms with van der Waals surface area (Å²) in [4.78, 5) is 12.0. The Labute approximate surface area is 119 Å². The average Bonchev–Trinajstić information content (AvgIpc) is 2.24. The van der Waals surface area contributed by atoms with Crippen LogP contribution in [0.5, 0.6) is 0 Å². The zero-order valence-corrected chi connectivity index (χ0v) is 13.4. The van der Waals surface area contributed by atoms with Crippen LogP contribution in [0.3, 0.4) is 0 Å². The molecule has 0 radical (unpaired) electrons. The van der Waals surface area contributed by atoms with E-state index in [9.17, 15) is 4.79 Å². The monoisotopic (exact) mass is 278 g/mol. The minimum Gasteiger partial charge on any atom is -0.350 e. The van der Waals surface area contributed by atoms with E-state index >= 15 is 0 Å². The van der Waals surface area contributed by atoms with Gasteiger partial charge in [-0.1, -0.05) is 40.5 Å². The predicted molar refractivity (Wildman–Crippen MR) is 81.0 cm³/mol. The lowest BCUT2D eigenvalue weighted by atomic mass is 9.90. The van der Waals surface area contributed by atoms with Gasteiger partial charge in [0.1, 0.15) is 0 Å². The van der Waals surface area contributed by atoms with Crippen LogP contribution in [0.15, 0.2) is 0 Å². The topological polar surface area (TPSA) is 55.1 Å². The summed E-state index contributed by atoms with van der Waals surface area (Å²) in [6.07, 6.45) is 3.68. The Bertz CT molecular complexity index is 230. The maximum atomic E-state index is 12.0. The van der Waals surface area contributed by atoms with Gasteiger partial charge >= 0.3 is 0 Å². The number of hydrogen-bond acceptors (Lipinski definition) is 2. The first-order valence-electron chi connectivity index (χ1n) is 6.87. The molecule has 0 fully saturated rings. The van der Waals surface area contributed by atoms with Crippen LogP contribution in [-0.4, -0.2) is 18.0 Å². The first-order chi connectivity index (χ1) is 7.86. The van der Waals surface area contributed by atoms with E-state index in [2.05, 4.69) is 33.0 Å². The predicted octanol–water partition coefficient (Wildman–Crippen LogP) is 3.11. The summed E-state index contributed by atoms with van der Waals surface area (Å²) in [6.45, 7) is 11.1. The van der Waals surface area contributed by atoms with Crippen LogP contribution in [0.25, 0.3) is 0 Å². The molecular formula is C14H31ClN2O. The van der Waals surface area contributed by atoms with Gasteiger partial charge in [0.25, 0.3) is 0 Å². The van der Waals surface area contributed by atoms with Crippen LogP contribution in [0.1, 0.15) is 60.3 Å². The van der Waals surface area contributed by atoms with Gasteiger partial charge in [-0.15, -0.1) is 12.4 Å². The summed E-state index contributed by atoms with van der Waals surface area (Å²) in [5.74, 6) is 1.18. The molecule has 3 N–H and O–H groups in total. The van der Waals surface area contributed by atoms with Crippen molar-refractivity contribution >= 4 is 18.3 Å². The van der Waals surface area contributed by atoms with Crippen molar-refractivity contribution in [2.75, 3.05) is 6.54 Å². The van der Waals surface area contributed by atoms with Gasteiger partial charge in [0.2, 0.25) is 5.91 Å². The molecule has 4 heteroatoms. The number of nitrogens with one attached hydrogen (secondary N) is 1. The van der Waals surface area contributed by atoms with E-state index in [0.29, 0.717) is 24.8 Å². The Morgan fingerprint density at radius 3 is 2.11 bits per heavy atom. The molecule has 0 bridgehead atoms. The quantitative estimate of drug-likeness (QED) is 0.717. The van der Waals surface area contributed by atoms with Crippen molar-refractivity contribution < 1.29 is 4.79 Å². The number of halogens is 1. The van der Waals surface area contributed by atoms with E-state index in [0.717, 1.165) is 19.3 Å². The third kappa shape index (κ3) is 7.93. The standard InChI is InChI=1S/C14H30N2O.ClH/c1-6-12(7-2)8-13(17)16-14(5,10-15)9-11(3)4;/h11-12H,6-10,15H2,1-5H3,(H,16,17);1H. The Morgan fingerprint density at radius 2 is 1.78 bits per heavy atom. The summed E-state index contributed by atoms with van der Waals surface area (Å²) in [7, 11) is 0. The molecular weight excluding hydrogens is 248 g/mol. The molecule has 0 aromatic rings. The summed E-state index contributed by atoms with van der Waals surface area (Å²) in [5.41, 5.74) is 5.53. The number of rotatable bonds is 8. The lowest BCUT2D eigenvalue weighted by Crippen LogP contribution is -2.52. The number of carbonyl (C=O) groups is 1. The van der Waals surface area contributed by atoms with Gasteiger partial charge in [-0.05, 0) is 25.2 Å². The van der Waals surface area contributed by atoms with Crippen molar-refractivity contribution in [1.29, 1.82) is 0 Å². The van der Waals surface area contributed by atoms with Crippen molar-refractivity contribution in [2.24, 2.45) is 17.6 Å². The molecule has 0 saturated carbocycles. The zero-order valence-electron chi connectivity index (χ0n) is 12.6. The van der Waals surface area contributed by atoms with Crippen molar-refractivity contribution in [3.05, 3.63) is 0 Å². The SMILES string of the molecule is CCC(CC)CC(=O)NC(C)(CN)CC(C)C.Cl. The summed E-state index contributed by atoms with van der Waals surface area (Å²) in [6, 6.07) is 0. The molecule has 1 amide bonds. The Morgan fingerprint density at radius 1 is 1.28 bits per heavy atom. The van der Waals surface area contributed by atoms with Gasteiger partial charge in [0, 0.05) is 18.5 Å².